The fraction of sp³-hybridized carbons (Fsp3) is 0.591. The van der Waals surface area contributed by atoms with Gasteiger partial charge in [-0.05, 0) is 58.1 Å². The number of aromatic carboxylic acids is 1. The zero-order valence-corrected chi connectivity index (χ0v) is 16.3. The van der Waals surface area contributed by atoms with Gasteiger partial charge in [-0.25, -0.2) is 4.79 Å². The van der Waals surface area contributed by atoms with Gasteiger partial charge < -0.3 is 14.9 Å². The fourth-order valence-electron chi connectivity index (χ4n) is 4.61. The Morgan fingerprint density at radius 3 is 2.73 bits per heavy atom. The minimum atomic E-state index is -1.06. The first-order chi connectivity index (χ1) is 12.3. The predicted octanol–water partition coefficient (Wildman–Crippen LogP) is 5.43. The van der Waals surface area contributed by atoms with Gasteiger partial charge in [0, 0.05) is 17.4 Å². The lowest BCUT2D eigenvalue weighted by molar-refractivity contribution is 0.0106. The summed E-state index contributed by atoms with van der Waals surface area (Å²) in [7, 11) is 0. The third-order valence-corrected chi connectivity index (χ3v) is 5.99. The Labute approximate surface area is 155 Å². The average Bonchev–Trinajstić information content (AvgIpc) is 2.53. The molecule has 142 valence electrons. The molecule has 26 heavy (non-hydrogen) atoms. The summed E-state index contributed by atoms with van der Waals surface area (Å²) in [5, 5.41) is 20.7. The number of carboxylic acids is 1. The predicted molar refractivity (Wildman–Crippen MR) is 102 cm³/mol. The van der Waals surface area contributed by atoms with Gasteiger partial charge in [-0.15, -0.1) is 0 Å². The number of ether oxygens (including phenoxy) is 1. The zero-order chi connectivity index (χ0) is 19.1. The first-order valence-electron chi connectivity index (χ1n) is 9.74. The molecule has 0 amide bonds. The molecule has 0 saturated heterocycles. The summed E-state index contributed by atoms with van der Waals surface area (Å²) in [6, 6.07) is 1.86. The standard InChI is InChI=1S/C22H30O4/c1-5-6-7-8-14-12-17-19(20(23)18(14)21(24)25)15-11-13(2)9-10-16(15)22(3,4)26-17/h11-12,15-16,23H,5-10H2,1-4H3,(H,24,25)/t15?,16-/m0/s1. The van der Waals surface area contributed by atoms with Crippen LogP contribution in [0.25, 0.3) is 0 Å². The van der Waals surface area contributed by atoms with Crippen molar-refractivity contribution in [2.45, 2.75) is 77.7 Å². The summed E-state index contributed by atoms with van der Waals surface area (Å²) in [4.78, 5) is 11.9. The molecule has 0 saturated carbocycles. The van der Waals surface area contributed by atoms with E-state index >= 15 is 0 Å². The van der Waals surface area contributed by atoms with Crippen LogP contribution in [0.3, 0.4) is 0 Å². The highest BCUT2D eigenvalue weighted by Gasteiger charge is 2.46. The topological polar surface area (TPSA) is 66.8 Å². The summed E-state index contributed by atoms with van der Waals surface area (Å²) in [5.74, 6) is -0.272. The van der Waals surface area contributed by atoms with E-state index in [4.69, 9.17) is 4.74 Å². The summed E-state index contributed by atoms with van der Waals surface area (Å²) in [6.45, 7) is 8.42. The fourth-order valence-corrected chi connectivity index (χ4v) is 4.61. The molecule has 0 aromatic heterocycles. The molecule has 2 N–H and O–H groups in total. The van der Waals surface area contributed by atoms with E-state index in [1.54, 1.807) is 0 Å². The number of allylic oxidation sites excluding steroid dienone is 2. The monoisotopic (exact) mass is 358 g/mol. The van der Waals surface area contributed by atoms with Gasteiger partial charge in [-0.2, -0.15) is 0 Å². The third-order valence-electron chi connectivity index (χ3n) is 5.99. The number of hydrogen-bond acceptors (Lipinski definition) is 3. The van der Waals surface area contributed by atoms with E-state index in [0.29, 0.717) is 23.3 Å². The maximum absolute atomic E-state index is 11.9. The minimum Gasteiger partial charge on any atom is -0.507 e. The van der Waals surface area contributed by atoms with Crippen molar-refractivity contribution in [2.75, 3.05) is 0 Å². The third kappa shape index (κ3) is 3.22. The van der Waals surface area contributed by atoms with Gasteiger partial charge in [0.2, 0.25) is 0 Å². The van der Waals surface area contributed by atoms with Crippen LogP contribution >= 0.6 is 0 Å². The van der Waals surface area contributed by atoms with E-state index in [0.717, 1.165) is 32.1 Å². The van der Waals surface area contributed by atoms with Crippen LogP contribution in [0, 0.1) is 5.92 Å². The van der Waals surface area contributed by atoms with Crippen LogP contribution in [0.2, 0.25) is 0 Å². The average molecular weight is 358 g/mol. The molecule has 3 rings (SSSR count). The van der Waals surface area contributed by atoms with Crippen LogP contribution in [0.1, 0.15) is 87.2 Å². The molecule has 4 nitrogen and oxygen atoms in total. The Bertz CT molecular complexity index is 745. The normalized spacial score (nSPS) is 23.5. The van der Waals surface area contributed by atoms with E-state index in [1.807, 2.05) is 6.07 Å². The van der Waals surface area contributed by atoms with Crippen LogP contribution < -0.4 is 4.74 Å². The van der Waals surface area contributed by atoms with Crippen LogP contribution in [-0.2, 0) is 6.42 Å². The highest BCUT2D eigenvalue weighted by Crippen LogP contribution is 2.54. The molecule has 1 unspecified atom stereocenters. The van der Waals surface area contributed by atoms with Gasteiger partial charge in [-0.3, -0.25) is 0 Å². The van der Waals surface area contributed by atoms with E-state index in [1.165, 1.54) is 5.57 Å². The number of hydrogen-bond donors (Lipinski definition) is 2. The smallest absolute Gasteiger partial charge is 0.339 e. The van der Waals surface area contributed by atoms with Crippen molar-refractivity contribution < 1.29 is 19.7 Å². The maximum atomic E-state index is 11.9. The SMILES string of the molecule is CCCCCc1cc2c(c(O)c1C(=O)O)C1C=C(C)CC[C@@H]1C(C)(C)O2. The highest BCUT2D eigenvalue weighted by molar-refractivity contribution is 5.94. The number of fused-ring (bicyclic) bond motifs is 3. The molecule has 0 spiro atoms. The van der Waals surface area contributed by atoms with Gasteiger partial charge in [0.05, 0.1) is 0 Å². The number of benzene rings is 1. The molecule has 1 aromatic carbocycles. The molecule has 0 bridgehead atoms. The second-order valence-electron chi connectivity index (χ2n) is 8.32. The molecule has 1 heterocycles. The molecule has 2 atom stereocenters. The molecule has 1 aliphatic carbocycles. The number of unbranched alkanes of at least 4 members (excludes halogenated alkanes) is 2. The van der Waals surface area contributed by atoms with Crippen molar-refractivity contribution in [1.29, 1.82) is 0 Å². The first-order valence-corrected chi connectivity index (χ1v) is 9.74. The van der Waals surface area contributed by atoms with E-state index in [9.17, 15) is 15.0 Å². The summed E-state index contributed by atoms with van der Waals surface area (Å²) in [5.41, 5.74) is 2.34. The summed E-state index contributed by atoms with van der Waals surface area (Å²) in [6.07, 6.45) is 7.85. The van der Waals surface area contributed by atoms with Crippen molar-refractivity contribution in [3.05, 3.63) is 34.4 Å². The Hall–Kier alpha value is -1.97. The van der Waals surface area contributed by atoms with E-state index < -0.39 is 5.97 Å². The number of aryl methyl sites for hydroxylation is 1. The second kappa shape index (κ2) is 6.98. The number of carboxylic acid groups (broad SMARTS) is 1. The maximum Gasteiger partial charge on any atom is 0.339 e. The summed E-state index contributed by atoms with van der Waals surface area (Å²) >= 11 is 0. The van der Waals surface area contributed by atoms with Crippen LogP contribution in [0.4, 0.5) is 0 Å². The van der Waals surface area contributed by atoms with Crippen molar-refractivity contribution in [1.82, 2.24) is 0 Å². The number of phenols is 1. The van der Waals surface area contributed by atoms with Crippen molar-refractivity contribution in [3.8, 4) is 11.5 Å². The number of rotatable bonds is 5. The Morgan fingerprint density at radius 2 is 2.08 bits per heavy atom. The van der Waals surface area contributed by atoms with Crippen molar-refractivity contribution in [3.63, 3.8) is 0 Å². The quantitative estimate of drug-likeness (QED) is 0.544. The highest BCUT2D eigenvalue weighted by atomic mass is 16.5. The molecule has 1 aliphatic heterocycles. The lowest BCUT2D eigenvalue weighted by Crippen LogP contribution is -2.45. The van der Waals surface area contributed by atoms with Gasteiger partial charge in [-0.1, -0.05) is 31.4 Å². The molecule has 0 radical (unpaired) electrons. The molecule has 0 fully saturated rings. The summed E-state index contributed by atoms with van der Waals surface area (Å²) < 4.78 is 6.30. The van der Waals surface area contributed by atoms with Crippen LogP contribution in [0.5, 0.6) is 11.5 Å². The molecular weight excluding hydrogens is 328 g/mol. The van der Waals surface area contributed by atoms with E-state index in [-0.39, 0.29) is 28.7 Å². The lowest BCUT2D eigenvalue weighted by Gasteiger charge is -2.46. The minimum absolute atomic E-state index is 0.00490. The van der Waals surface area contributed by atoms with Crippen LogP contribution in [0.15, 0.2) is 17.7 Å². The zero-order valence-electron chi connectivity index (χ0n) is 16.3. The molecule has 4 heteroatoms. The van der Waals surface area contributed by atoms with Crippen molar-refractivity contribution in [2.24, 2.45) is 5.92 Å². The largest absolute Gasteiger partial charge is 0.507 e. The Kier molecular flexibility index (Phi) is 5.05. The molecular formula is C22H30O4. The van der Waals surface area contributed by atoms with Gasteiger partial charge in [0.15, 0.2) is 0 Å². The van der Waals surface area contributed by atoms with Gasteiger partial charge in [0.25, 0.3) is 0 Å². The second-order valence-corrected chi connectivity index (χ2v) is 8.32. The lowest BCUT2D eigenvalue weighted by atomic mass is 9.67. The molecule has 1 aromatic rings. The first kappa shape index (κ1) is 18.8. The number of carbonyl (C=O) groups is 1. The van der Waals surface area contributed by atoms with Crippen LogP contribution in [-0.4, -0.2) is 21.8 Å². The van der Waals surface area contributed by atoms with Crippen molar-refractivity contribution >= 4 is 5.97 Å². The molecule has 2 aliphatic rings. The Morgan fingerprint density at radius 1 is 1.35 bits per heavy atom. The van der Waals surface area contributed by atoms with Gasteiger partial charge in [0.1, 0.15) is 22.7 Å². The van der Waals surface area contributed by atoms with E-state index in [2.05, 4.69) is 33.8 Å². The van der Waals surface area contributed by atoms with Gasteiger partial charge >= 0.3 is 5.97 Å². The number of aromatic hydroxyl groups is 1. The Balaban J connectivity index is 2.15.